The first-order valence-corrected chi connectivity index (χ1v) is 8.37. The summed E-state index contributed by atoms with van der Waals surface area (Å²) in [5.74, 6) is -0.692. The highest BCUT2D eigenvalue weighted by molar-refractivity contribution is 6.34. The van der Waals surface area contributed by atoms with Gasteiger partial charge in [0.15, 0.2) is 0 Å². The van der Waals surface area contributed by atoms with Crippen molar-refractivity contribution in [1.29, 1.82) is 0 Å². The minimum absolute atomic E-state index is 0.331. The molecule has 3 aromatic rings. The topological polar surface area (TPSA) is 57.8 Å². The van der Waals surface area contributed by atoms with E-state index in [1.165, 1.54) is 12.1 Å². The van der Waals surface area contributed by atoms with Crippen LogP contribution < -0.4 is 5.32 Å². The normalized spacial score (nSPS) is 10.7. The Bertz CT molecular complexity index is 907. The van der Waals surface area contributed by atoms with Gasteiger partial charge in [0, 0.05) is 5.56 Å². The standard InChI is InChI=1S/C19H17ClFN3O/c1-2-6-16-18(22-19(25)14-9-3-4-10-15(14)20)17(24-23-16)12-7-5-8-13(21)11-12/h3-5,7-11H,2,6H2,1H3,(H,22,25)(H,23,24). The van der Waals surface area contributed by atoms with E-state index in [0.29, 0.717) is 34.0 Å². The molecule has 1 heterocycles. The number of nitrogens with zero attached hydrogens (tertiary/aromatic N) is 1. The van der Waals surface area contributed by atoms with Crippen LogP contribution in [-0.4, -0.2) is 16.1 Å². The van der Waals surface area contributed by atoms with Crippen LogP contribution in [0.1, 0.15) is 29.4 Å². The second-order valence-corrected chi connectivity index (χ2v) is 6.03. The van der Waals surface area contributed by atoms with E-state index >= 15 is 0 Å². The third kappa shape index (κ3) is 3.72. The lowest BCUT2D eigenvalue weighted by Gasteiger charge is -2.09. The van der Waals surface area contributed by atoms with E-state index in [9.17, 15) is 9.18 Å². The smallest absolute Gasteiger partial charge is 0.257 e. The van der Waals surface area contributed by atoms with Crippen LogP contribution in [0.15, 0.2) is 48.5 Å². The average molecular weight is 358 g/mol. The van der Waals surface area contributed by atoms with Gasteiger partial charge in [-0.3, -0.25) is 9.89 Å². The minimum Gasteiger partial charge on any atom is -0.318 e. The maximum absolute atomic E-state index is 13.6. The predicted molar refractivity (Wildman–Crippen MR) is 97.4 cm³/mol. The Hall–Kier alpha value is -2.66. The van der Waals surface area contributed by atoms with Gasteiger partial charge >= 0.3 is 0 Å². The molecular weight excluding hydrogens is 341 g/mol. The number of benzene rings is 2. The van der Waals surface area contributed by atoms with Crippen LogP contribution in [0.25, 0.3) is 11.3 Å². The largest absolute Gasteiger partial charge is 0.318 e. The Kier molecular flexibility index (Phi) is 5.14. The number of H-pyrrole nitrogens is 1. The Morgan fingerprint density at radius 3 is 2.76 bits per heavy atom. The first-order valence-electron chi connectivity index (χ1n) is 7.99. The third-order valence-corrected chi connectivity index (χ3v) is 4.13. The molecule has 2 aromatic carbocycles. The lowest BCUT2D eigenvalue weighted by atomic mass is 10.1. The van der Waals surface area contributed by atoms with E-state index in [4.69, 9.17) is 11.6 Å². The van der Waals surface area contributed by atoms with Gasteiger partial charge in [-0.2, -0.15) is 5.10 Å². The lowest BCUT2D eigenvalue weighted by molar-refractivity contribution is 0.102. The summed E-state index contributed by atoms with van der Waals surface area (Å²) in [4.78, 5) is 12.6. The predicted octanol–water partition coefficient (Wildman–Crippen LogP) is 5.07. The van der Waals surface area contributed by atoms with E-state index in [1.54, 1.807) is 36.4 Å². The van der Waals surface area contributed by atoms with Crippen molar-refractivity contribution >= 4 is 23.2 Å². The molecule has 3 rings (SSSR count). The Labute approximate surface area is 150 Å². The van der Waals surface area contributed by atoms with Crippen LogP contribution in [0.4, 0.5) is 10.1 Å². The van der Waals surface area contributed by atoms with Gasteiger partial charge in [-0.1, -0.05) is 49.2 Å². The molecule has 0 atom stereocenters. The quantitative estimate of drug-likeness (QED) is 0.669. The average Bonchev–Trinajstić information content (AvgIpc) is 2.98. The molecule has 25 heavy (non-hydrogen) atoms. The van der Waals surface area contributed by atoms with Gasteiger partial charge in [-0.15, -0.1) is 0 Å². The van der Waals surface area contributed by atoms with Crippen molar-refractivity contribution < 1.29 is 9.18 Å². The first kappa shape index (κ1) is 17.2. The molecule has 2 N–H and O–H groups in total. The molecule has 0 spiro atoms. The SMILES string of the molecule is CCCc1[nH]nc(-c2cccc(F)c2)c1NC(=O)c1ccccc1Cl. The van der Waals surface area contributed by atoms with Gasteiger partial charge in [0.2, 0.25) is 0 Å². The fraction of sp³-hybridized carbons (Fsp3) is 0.158. The molecule has 1 aromatic heterocycles. The Balaban J connectivity index is 2.00. The summed E-state index contributed by atoms with van der Waals surface area (Å²) in [6.07, 6.45) is 1.58. The zero-order valence-corrected chi connectivity index (χ0v) is 14.4. The van der Waals surface area contributed by atoms with E-state index in [2.05, 4.69) is 15.5 Å². The number of aryl methyl sites for hydroxylation is 1. The van der Waals surface area contributed by atoms with Crippen molar-refractivity contribution in [3.63, 3.8) is 0 Å². The second kappa shape index (κ2) is 7.49. The third-order valence-electron chi connectivity index (χ3n) is 3.80. The number of carbonyl (C=O) groups excluding carboxylic acids is 1. The van der Waals surface area contributed by atoms with Gasteiger partial charge in [0.05, 0.1) is 22.0 Å². The van der Waals surface area contributed by atoms with Crippen LogP contribution in [-0.2, 0) is 6.42 Å². The lowest BCUT2D eigenvalue weighted by Crippen LogP contribution is -2.14. The highest BCUT2D eigenvalue weighted by atomic mass is 35.5. The fourth-order valence-corrected chi connectivity index (χ4v) is 2.84. The molecule has 4 nitrogen and oxygen atoms in total. The van der Waals surface area contributed by atoms with Crippen LogP contribution in [0, 0.1) is 5.82 Å². The van der Waals surface area contributed by atoms with Gasteiger partial charge in [0.25, 0.3) is 5.91 Å². The number of halogens is 2. The van der Waals surface area contributed by atoms with Crippen LogP contribution in [0.3, 0.4) is 0 Å². The number of carbonyl (C=O) groups is 1. The summed E-state index contributed by atoms with van der Waals surface area (Å²) in [6, 6.07) is 12.9. The van der Waals surface area contributed by atoms with Crippen molar-refractivity contribution in [3.8, 4) is 11.3 Å². The van der Waals surface area contributed by atoms with E-state index < -0.39 is 0 Å². The van der Waals surface area contributed by atoms with Crippen molar-refractivity contribution in [3.05, 3.63) is 70.6 Å². The monoisotopic (exact) mass is 357 g/mol. The molecule has 0 unspecified atom stereocenters. The summed E-state index contributed by atoms with van der Waals surface area (Å²) >= 11 is 6.10. The minimum atomic E-state index is -0.360. The molecule has 128 valence electrons. The molecule has 0 aliphatic carbocycles. The number of rotatable bonds is 5. The Morgan fingerprint density at radius 1 is 1.24 bits per heavy atom. The number of amides is 1. The molecular formula is C19H17ClFN3O. The van der Waals surface area contributed by atoms with Crippen LogP contribution in [0.2, 0.25) is 5.02 Å². The summed E-state index contributed by atoms with van der Waals surface area (Å²) < 4.78 is 13.6. The van der Waals surface area contributed by atoms with E-state index in [-0.39, 0.29) is 11.7 Å². The van der Waals surface area contributed by atoms with Crippen molar-refractivity contribution in [2.24, 2.45) is 0 Å². The molecule has 0 fully saturated rings. The van der Waals surface area contributed by atoms with Crippen LogP contribution >= 0.6 is 11.6 Å². The van der Waals surface area contributed by atoms with E-state index in [0.717, 1.165) is 12.1 Å². The number of nitrogens with one attached hydrogen (secondary N) is 2. The van der Waals surface area contributed by atoms with Gasteiger partial charge in [-0.25, -0.2) is 4.39 Å². The maximum Gasteiger partial charge on any atom is 0.257 e. The molecule has 1 amide bonds. The molecule has 0 aliphatic heterocycles. The number of anilines is 1. The molecule has 0 radical (unpaired) electrons. The molecule has 0 bridgehead atoms. The maximum atomic E-state index is 13.6. The van der Waals surface area contributed by atoms with E-state index in [1.807, 2.05) is 6.92 Å². The van der Waals surface area contributed by atoms with Crippen molar-refractivity contribution in [2.45, 2.75) is 19.8 Å². The first-order chi connectivity index (χ1) is 12.1. The van der Waals surface area contributed by atoms with Gasteiger partial charge in [-0.05, 0) is 30.7 Å². The number of aromatic amines is 1. The van der Waals surface area contributed by atoms with Gasteiger partial charge < -0.3 is 5.32 Å². The number of aromatic nitrogens is 2. The van der Waals surface area contributed by atoms with Crippen molar-refractivity contribution in [2.75, 3.05) is 5.32 Å². The Morgan fingerprint density at radius 2 is 2.04 bits per heavy atom. The zero-order chi connectivity index (χ0) is 17.8. The van der Waals surface area contributed by atoms with Crippen molar-refractivity contribution in [1.82, 2.24) is 10.2 Å². The molecule has 0 aliphatic rings. The second-order valence-electron chi connectivity index (χ2n) is 5.62. The highest BCUT2D eigenvalue weighted by Crippen LogP contribution is 2.31. The number of hydrogen-bond donors (Lipinski definition) is 2. The molecule has 6 heteroatoms. The summed E-state index contributed by atoms with van der Waals surface area (Å²) in [5, 5.41) is 10.5. The highest BCUT2D eigenvalue weighted by Gasteiger charge is 2.19. The summed E-state index contributed by atoms with van der Waals surface area (Å²) in [7, 11) is 0. The molecule has 0 saturated heterocycles. The molecule has 0 saturated carbocycles. The summed E-state index contributed by atoms with van der Waals surface area (Å²) in [6.45, 7) is 2.03. The van der Waals surface area contributed by atoms with Gasteiger partial charge in [0.1, 0.15) is 11.5 Å². The fourth-order valence-electron chi connectivity index (χ4n) is 2.61. The van der Waals surface area contributed by atoms with Crippen LogP contribution in [0.5, 0.6) is 0 Å². The number of hydrogen-bond acceptors (Lipinski definition) is 2. The zero-order valence-electron chi connectivity index (χ0n) is 13.6. The summed E-state index contributed by atoms with van der Waals surface area (Å²) in [5.41, 5.74) is 2.81.